The van der Waals surface area contributed by atoms with Crippen LogP contribution >= 0.6 is 12.2 Å². The maximum Gasteiger partial charge on any atom is 0.305 e. The number of pyridine rings is 1. The Labute approximate surface area is 131 Å². The van der Waals surface area contributed by atoms with Crippen LogP contribution in [0.15, 0.2) is 24.5 Å². The number of ether oxygens (including phenoxy) is 1. The van der Waals surface area contributed by atoms with Gasteiger partial charge in [0.25, 0.3) is 0 Å². The van der Waals surface area contributed by atoms with Gasteiger partial charge in [0.1, 0.15) is 0 Å². The monoisotopic (exact) mass is 306 g/mol. The van der Waals surface area contributed by atoms with Crippen LogP contribution in [0.4, 0.5) is 0 Å². The van der Waals surface area contributed by atoms with E-state index in [1.165, 1.54) is 7.11 Å². The molecular weight excluding hydrogens is 284 g/mol. The van der Waals surface area contributed by atoms with Gasteiger partial charge in [0.2, 0.25) is 0 Å². The number of hydrogen-bond donors (Lipinski definition) is 1. The molecule has 2 atom stereocenters. The number of rotatable bonds is 4. The van der Waals surface area contributed by atoms with Gasteiger partial charge in [-0.1, -0.05) is 31.1 Å². The number of hydrogen-bond acceptors (Lipinski definition) is 4. The highest BCUT2D eigenvalue weighted by Crippen LogP contribution is 2.46. The van der Waals surface area contributed by atoms with Crippen LogP contribution in [-0.2, 0) is 14.9 Å². The summed E-state index contributed by atoms with van der Waals surface area (Å²) < 4.78 is 4.88. The van der Waals surface area contributed by atoms with Crippen molar-refractivity contribution >= 4 is 23.2 Å². The lowest BCUT2D eigenvalue weighted by Gasteiger charge is -2.44. The van der Waals surface area contributed by atoms with Crippen molar-refractivity contribution in [2.45, 2.75) is 37.5 Å². The van der Waals surface area contributed by atoms with Gasteiger partial charge in [0, 0.05) is 25.9 Å². The van der Waals surface area contributed by atoms with Crippen LogP contribution in [0.3, 0.4) is 0 Å². The first-order valence-electron chi connectivity index (χ1n) is 7.34. The first-order chi connectivity index (χ1) is 10.1. The third-order valence-corrected chi connectivity index (χ3v) is 5.09. The molecule has 0 spiro atoms. The van der Waals surface area contributed by atoms with E-state index in [-0.39, 0.29) is 17.3 Å². The van der Waals surface area contributed by atoms with E-state index in [2.05, 4.69) is 16.4 Å². The maximum atomic E-state index is 11.8. The Bertz CT molecular complexity index is 506. The van der Waals surface area contributed by atoms with Gasteiger partial charge in [0.15, 0.2) is 0 Å². The van der Waals surface area contributed by atoms with Crippen molar-refractivity contribution in [3.8, 4) is 0 Å². The van der Waals surface area contributed by atoms with Crippen LogP contribution in [0, 0.1) is 5.92 Å². The van der Waals surface area contributed by atoms with Crippen LogP contribution < -0.4 is 5.32 Å². The van der Waals surface area contributed by atoms with E-state index in [0.717, 1.165) is 36.2 Å². The zero-order chi connectivity index (χ0) is 15.3. The lowest BCUT2D eigenvalue weighted by Crippen LogP contribution is -2.50. The molecule has 0 radical (unpaired) electrons. The predicted molar refractivity (Wildman–Crippen MR) is 86.2 cm³/mol. The van der Waals surface area contributed by atoms with E-state index in [9.17, 15) is 4.79 Å². The quantitative estimate of drug-likeness (QED) is 0.684. The molecule has 1 aliphatic rings. The highest BCUT2D eigenvalue weighted by atomic mass is 32.1. The van der Waals surface area contributed by atoms with Crippen LogP contribution in [0.5, 0.6) is 0 Å². The fourth-order valence-corrected chi connectivity index (χ4v) is 3.85. The van der Waals surface area contributed by atoms with Crippen molar-refractivity contribution in [3.05, 3.63) is 30.1 Å². The minimum Gasteiger partial charge on any atom is -0.469 e. The summed E-state index contributed by atoms with van der Waals surface area (Å²) in [7, 11) is 3.29. The number of aromatic nitrogens is 1. The summed E-state index contributed by atoms with van der Waals surface area (Å²) in [5.74, 6) is -0.0167. The van der Waals surface area contributed by atoms with Crippen LogP contribution in [0.2, 0.25) is 0 Å². The molecule has 1 saturated carbocycles. The second-order valence-corrected chi connectivity index (χ2v) is 5.92. The molecule has 2 rings (SSSR count). The molecule has 2 unspecified atom stereocenters. The molecule has 1 fully saturated rings. The maximum absolute atomic E-state index is 11.8. The molecule has 1 aliphatic carbocycles. The number of carbonyl (C=O) groups excluding carboxylic acids is 1. The van der Waals surface area contributed by atoms with Crippen LogP contribution in [0.25, 0.3) is 0 Å². The highest BCUT2D eigenvalue weighted by molar-refractivity contribution is 7.80. The van der Waals surface area contributed by atoms with Gasteiger partial charge in [-0.3, -0.25) is 9.78 Å². The second kappa shape index (κ2) is 6.98. The smallest absolute Gasteiger partial charge is 0.305 e. The van der Waals surface area contributed by atoms with Crippen molar-refractivity contribution in [1.82, 2.24) is 10.3 Å². The summed E-state index contributed by atoms with van der Waals surface area (Å²) in [5.41, 5.74) is 0.781. The predicted octanol–water partition coefficient (Wildman–Crippen LogP) is 2.62. The summed E-state index contributed by atoms with van der Waals surface area (Å²) >= 11 is 5.64. The molecule has 21 heavy (non-hydrogen) atoms. The lowest BCUT2D eigenvalue weighted by atomic mass is 9.61. The van der Waals surface area contributed by atoms with Crippen molar-refractivity contribution in [2.24, 2.45) is 5.92 Å². The summed E-state index contributed by atoms with van der Waals surface area (Å²) in [4.78, 5) is 16.9. The third kappa shape index (κ3) is 3.07. The Morgan fingerprint density at radius 1 is 1.57 bits per heavy atom. The largest absolute Gasteiger partial charge is 0.469 e. The second-order valence-electron chi connectivity index (χ2n) is 5.52. The van der Waals surface area contributed by atoms with E-state index in [1.54, 1.807) is 6.20 Å². The molecule has 5 heteroatoms. The summed E-state index contributed by atoms with van der Waals surface area (Å²) in [5, 5.41) is 3.15. The van der Waals surface area contributed by atoms with E-state index >= 15 is 0 Å². The number of likely N-dealkylation sites (N-methyl/N-ethyl adjacent to an activating group) is 1. The van der Waals surface area contributed by atoms with Gasteiger partial charge < -0.3 is 10.1 Å². The first kappa shape index (κ1) is 15.9. The average molecular weight is 306 g/mol. The zero-order valence-corrected chi connectivity index (χ0v) is 13.4. The van der Waals surface area contributed by atoms with Gasteiger partial charge in [-0.25, -0.2) is 0 Å². The Morgan fingerprint density at radius 3 is 3.00 bits per heavy atom. The molecule has 0 aliphatic heterocycles. The molecule has 4 nitrogen and oxygen atoms in total. The summed E-state index contributed by atoms with van der Waals surface area (Å²) in [6.45, 7) is 0. The van der Waals surface area contributed by atoms with Crippen molar-refractivity contribution in [3.63, 3.8) is 0 Å². The van der Waals surface area contributed by atoms with Crippen LogP contribution in [-0.4, -0.2) is 30.1 Å². The zero-order valence-electron chi connectivity index (χ0n) is 12.6. The van der Waals surface area contributed by atoms with Crippen molar-refractivity contribution in [1.29, 1.82) is 0 Å². The Hall–Kier alpha value is -1.49. The van der Waals surface area contributed by atoms with E-state index in [4.69, 9.17) is 17.0 Å². The number of methoxy groups -OCH3 is 1. The summed E-state index contributed by atoms with van der Waals surface area (Å²) in [6.07, 6.45) is 8.18. The molecule has 0 saturated heterocycles. The first-order valence-corrected chi connectivity index (χ1v) is 7.75. The highest BCUT2D eigenvalue weighted by Gasteiger charge is 2.46. The van der Waals surface area contributed by atoms with Gasteiger partial charge >= 0.3 is 5.97 Å². The standard InChI is InChI=1S/C16H22N2O2S/c1-17-15(21)16(13-7-5-9-18-11-13)8-4-3-6-12(16)10-14(19)20-2/h5,7,9,11-12H,3-4,6,8,10H2,1-2H3,(H,17,21). The number of esters is 1. The average Bonchev–Trinajstić information content (AvgIpc) is 2.55. The minimum atomic E-state index is -0.315. The molecular formula is C16H22N2O2S. The van der Waals surface area contributed by atoms with Gasteiger partial charge in [-0.05, 0) is 30.4 Å². The number of carbonyl (C=O) groups is 1. The molecule has 0 aromatic carbocycles. The van der Waals surface area contributed by atoms with E-state index < -0.39 is 0 Å². The molecule has 0 bridgehead atoms. The third-order valence-electron chi connectivity index (χ3n) is 4.52. The van der Waals surface area contributed by atoms with E-state index in [1.807, 2.05) is 19.3 Å². The fourth-order valence-electron chi connectivity index (χ4n) is 3.47. The molecule has 1 aromatic rings. The Morgan fingerprint density at radius 2 is 2.38 bits per heavy atom. The normalized spacial score (nSPS) is 25.1. The van der Waals surface area contributed by atoms with Crippen LogP contribution in [0.1, 0.15) is 37.7 Å². The van der Waals surface area contributed by atoms with Gasteiger partial charge in [-0.15, -0.1) is 0 Å². The Balaban J connectivity index is 2.45. The lowest BCUT2D eigenvalue weighted by molar-refractivity contribution is -0.142. The number of nitrogens with one attached hydrogen (secondary N) is 1. The number of nitrogens with zero attached hydrogens (tertiary/aromatic N) is 1. The fraction of sp³-hybridized carbons (Fsp3) is 0.562. The topological polar surface area (TPSA) is 51.2 Å². The van der Waals surface area contributed by atoms with Crippen molar-refractivity contribution < 1.29 is 9.53 Å². The molecule has 1 aromatic heterocycles. The van der Waals surface area contributed by atoms with Gasteiger partial charge in [0.05, 0.1) is 17.5 Å². The van der Waals surface area contributed by atoms with E-state index in [0.29, 0.717) is 6.42 Å². The minimum absolute atomic E-state index is 0.155. The molecule has 1 N–H and O–H groups in total. The number of thiocarbonyl (C=S) groups is 1. The molecule has 1 heterocycles. The Kier molecular flexibility index (Phi) is 5.28. The molecule has 0 amide bonds. The SMILES string of the molecule is CNC(=S)C1(c2cccnc2)CCCCC1CC(=O)OC. The van der Waals surface area contributed by atoms with Gasteiger partial charge in [-0.2, -0.15) is 0 Å². The molecule has 114 valence electrons. The summed E-state index contributed by atoms with van der Waals surface area (Å²) in [6, 6.07) is 3.99. The van der Waals surface area contributed by atoms with Crippen molar-refractivity contribution in [2.75, 3.05) is 14.2 Å².